The molecule has 166 valence electrons. The highest BCUT2D eigenvalue weighted by atomic mass is 35.5. The molecule has 1 aliphatic rings. The summed E-state index contributed by atoms with van der Waals surface area (Å²) in [6, 6.07) is 13.1. The van der Waals surface area contributed by atoms with E-state index in [1.54, 1.807) is 12.3 Å². The number of hydrogen-bond acceptors (Lipinski definition) is 4. The van der Waals surface area contributed by atoms with Gasteiger partial charge in [0.25, 0.3) is 5.91 Å². The molecule has 7 nitrogen and oxygen atoms in total. The predicted octanol–water partition coefficient (Wildman–Crippen LogP) is 4.23. The van der Waals surface area contributed by atoms with E-state index < -0.39 is 0 Å². The van der Waals surface area contributed by atoms with E-state index in [-0.39, 0.29) is 18.4 Å². The Labute approximate surface area is 191 Å². The van der Waals surface area contributed by atoms with Crippen molar-refractivity contribution in [2.75, 3.05) is 19.0 Å². The fourth-order valence-electron chi connectivity index (χ4n) is 3.57. The molecular weight excluding hydrogens is 428 g/mol. The van der Waals surface area contributed by atoms with Gasteiger partial charge in [0.05, 0.1) is 23.1 Å². The minimum atomic E-state index is -0.230. The SMILES string of the molecule is COCC(=O)Nc1cccc(CNC(=O)c2cnn(-c3ccc(C)c(Cl)c3)c2C2CC2)c1. The monoisotopic (exact) mass is 452 g/mol. The van der Waals surface area contributed by atoms with Crippen LogP contribution in [0.4, 0.5) is 5.69 Å². The van der Waals surface area contributed by atoms with Crippen LogP contribution in [-0.2, 0) is 16.1 Å². The van der Waals surface area contributed by atoms with E-state index in [1.807, 2.05) is 48.0 Å². The third kappa shape index (κ3) is 5.00. The van der Waals surface area contributed by atoms with Crippen LogP contribution in [0.3, 0.4) is 0 Å². The average molecular weight is 453 g/mol. The van der Waals surface area contributed by atoms with E-state index in [0.29, 0.717) is 28.7 Å². The summed E-state index contributed by atoms with van der Waals surface area (Å²) in [4.78, 5) is 24.7. The molecule has 2 N–H and O–H groups in total. The van der Waals surface area contributed by atoms with Crippen molar-refractivity contribution in [2.24, 2.45) is 0 Å². The zero-order chi connectivity index (χ0) is 22.7. The number of carbonyl (C=O) groups excluding carboxylic acids is 2. The fraction of sp³-hybridized carbons (Fsp3) is 0.292. The van der Waals surface area contributed by atoms with Crippen LogP contribution in [0.1, 0.15) is 45.9 Å². The number of aromatic nitrogens is 2. The second-order valence-electron chi connectivity index (χ2n) is 7.93. The number of amides is 2. The molecule has 0 atom stereocenters. The van der Waals surface area contributed by atoms with Gasteiger partial charge in [-0.15, -0.1) is 0 Å². The molecule has 4 rings (SSSR count). The number of benzene rings is 2. The number of rotatable bonds is 8. The number of methoxy groups -OCH3 is 1. The number of nitrogens with zero attached hydrogens (tertiary/aromatic N) is 2. The van der Waals surface area contributed by atoms with Crippen LogP contribution in [0.2, 0.25) is 5.02 Å². The molecule has 0 bridgehead atoms. The molecule has 0 saturated heterocycles. The van der Waals surface area contributed by atoms with Gasteiger partial charge in [-0.2, -0.15) is 5.10 Å². The lowest BCUT2D eigenvalue weighted by atomic mass is 10.1. The molecule has 1 fully saturated rings. The normalized spacial score (nSPS) is 13.1. The summed E-state index contributed by atoms with van der Waals surface area (Å²) >= 11 is 6.31. The van der Waals surface area contributed by atoms with E-state index in [2.05, 4.69) is 15.7 Å². The maximum atomic E-state index is 13.0. The second-order valence-corrected chi connectivity index (χ2v) is 8.33. The molecule has 1 aliphatic carbocycles. The Morgan fingerprint density at radius 3 is 2.75 bits per heavy atom. The number of hydrogen-bond donors (Lipinski definition) is 2. The quantitative estimate of drug-likeness (QED) is 0.535. The maximum absolute atomic E-state index is 13.0. The van der Waals surface area contributed by atoms with Gasteiger partial charge < -0.3 is 15.4 Å². The molecule has 3 aromatic rings. The van der Waals surface area contributed by atoms with Crippen LogP contribution in [0.5, 0.6) is 0 Å². The number of halogens is 1. The summed E-state index contributed by atoms with van der Waals surface area (Å²) in [5.74, 6) is -0.0887. The summed E-state index contributed by atoms with van der Waals surface area (Å²) in [5, 5.41) is 10.9. The van der Waals surface area contributed by atoms with Crippen molar-refractivity contribution < 1.29 is 14.3 Å². The summed E-state index contributed by atoms with van der Waals surface area (Å²) in [6.45, 7) is 2.27. The van der Waals surface area contributed by atoms with Crippen molar-refractivity contribution in [1.29, 1.82) is 0 Å². The second kappa shape index (κ2) is 9.54. The Kier molecular flexibility index (Phi) is 6.58. The molecule has 0 unspecified atom stereocenters. The molecular formula is C24H25ClN4O3. The third-order valence-electron chi connectivity index (χ3n) is 5.35. The standard InChI is InChI=1S/C24H25ClN4O3/c1-15-6-9-19(11-21(15)25)29-23(17-7-8-17)20(13-27-29)24(31)26-12-16-4-3-5-18(10-16)28-22(30)14-32-2/h3-6,9-11,13,17H,7-8,12,14H2,1-2H3,(H,26,31)(H,28,30). The molecule has 1 heterocycles. The number of ether oxygens (including phenoxy) is 1. The van der Waals surface area contributed by atoms with Crippen molar-refractivity contribution >= 4 is 29.1 Å². The summed E-state index contributed by atoms with van der Waals surface area (Å²) in [6.07, 6.45) is 3.70. The zero-order valence-corrected chi connectivity index (χ0v) is 18.8. The molecule has 2 aromatic carbocycles. The van der Waals surface area contributed by atoms with Crippen molar-refractivity contribution in [1.82, 2.24) is 15.1 Å². The maximum Gasteiger partial charge on any atom is 0.255 e. The van der Waals surface area contributed by atoms with E-state index >= 15 is 0 Å². The summed E-state index contributed by atoms with van der Waals surface area (Å²) in [5.41, 5.74) is 4.87. The van der Waals surface area contributed by atoms with Gasteiger partial charge in [0.15, 0.2) is 0 Å². The summed E-state index contributed by atoms with van der Waals surface area (Å²) in [7, 11) is 1.47. The number of carbonyl (C=O) groups is 2. The highest BCUT2D eigenvalue weighted by molar-refractivity contribution is 6.31. The number of anilines is 1. The first kappa shape index (κ1) is 22.0. The molecule has 8 heteroatoms. The van der Waals surface area contributed by atoms with Crippen LogP contribution in [0.15, 0.2) is 48.7 Å². The van der Waals surface area contributed by atoms with Crippen LogP contribution >= 0.6 is 11.6 Å². The van der Waals surface area contributed by atoms with E-state index in [0.717, 1.165) is 35.3 Å². The van der Waals surface area contributed by atoms with Gasteiger partial charge in [0, 0.05) is 30.3 Å². The Bertz CT molecular complexity index is 1150. The van der Waals surface area contributed by atoms with Gasteiger partial charge in [0.1, 0.15) is 6.61 Å². The van der Waals surface area contributed by atoms with Crippen molar-refractivity contribution in [3.05, 3.63) is 76.1 Å². The van der Waals surface area contributed by atoms with Gasteiger partial charge in [-0.25, -0.2) is 4.68 Å². The Morgan fingerprint density at radius 1 is 1.22 bits per heavy atom. The van der Waals surface area contributed by atoms with Crippen molar-refractivity contribution in [2.45, 2.75) is 32.2 Å². The van der Waals surface area contributed by atoms with E-state index in [1.165, 1.54) is 7.11 Å². The lowest BCUT2D eigenvalue weighted by molar-refractivity contribution is -0.119. The van der Waals surface area contributed by atoms with Gasteiger partial charge in [-0.1, -0.05) is 29.8 Å². The third-order valence-corrected chi connectivity index (χ3v) is 5.76. The molecule has 1 saturated carbocycles. The predicted molar refractivity (Wildman–Crippen MR) is 123 cm³/mol. The smallest absolute Gasteiger partial charge is 0.255 e. The molecule has 2 amide bonds. The van der Waals surface area contributed by atoms with Crippen LogP contribution in [0, 0.1) is 6.92 Å². The van der Waals surface area contributed by atoms with Gasteiger partial charge >= 0.3 is 0 Å². The van der Waals surface area contributed by atoms with Gasteiger partial charge in [-0.05, 0) is 55.2 Å². The topological polar surface area (TPSA) is 85.2 Å². The van der Waals surface area contributed by atoms with Gasteiger partial charge in [0.2, 0.25) is 5.91 Å². The number of aryl methyl sites for hydroxylation is 1. The minimum Gasteiger partial charge on any atom is -0.375 e. The highest BCUT2D eigenvalue weighted by Crippen LogP contribution is 2.42. The first-order valence-corrected chi connectivity index (χ1v) is 10.8. The highest BCUT2D eigenvalue weighted by Gasteiger charge is 2.33. The van der Waals surface area contributed by atoms with Crippen LogP contribution in [-0.4, -0.2) is 35.3 Å². The van der Waals surface area contributed by atoms with Crippen LogP contribution in [0.25, 0.3) is 5.69 Å². The zero-order valence-electron chi connectivity index (χ0n) is 18.0. The molecule has 0 radical (unpaired) electrons. The van der Waals surface area contributed by atoms with E-state index in [4.69, 9.17) is 16.3 Å². The fourth-order valence-corrected chi connectivity index (χ4v) is 3.74. The average Bonchev–Trinajstić information content (AvgIpc) is 3.52. The minimum absolute atomic E-state index is 0.0128. The first-order valence-electron chi connectivity index (χ1n) is 10.5. The van der Waals surface area contributed by atoms with Crippen molar-refractivity contribution in [3.63, 3.8) is 0 Å². The Balaban J connectivity index is 1.49. The Morgan fingerprint density at radius 2 is 2.03 bits per heavy atom. The lowest BCUT2D eigenvalue weighted by Gasteiger charge is -2.11. The lowest BCUT2D eigenvalue weighted by Crippen LogP contribution is -2.24. The molecule has 0 spiro atoms. The number of nitrogens with one attached hydrogen (secondary N) is 2. The van der Waals surface area contributed by atoms with E-state index in [9.17, 15) is 9.59 Å². The molecule has 32 heavy (non-hydrogen) atoms. The molecule has 0 aliphatic heterocycles. The largest absolute Gasteiger partial charge is 0.375 e. The first-order chi connectivity index (χ1) is 15.5. The Hall–Kier alpha value is -3.16. The van der Waals surface area contributed by atoms with Crippen molar-refractivity contribution in [3.8, 4) is 5.69 Å². The van der Waals surface area contributed by atoms with Gasteiger partial charge in [-0.3, -0.25) is 9.59 Å². The van der Waals surface area contributed by atoms with Crippen LogP contribution < -0.4 is 10.6 Å². The molecule has 1 aromatic heterocycles. The summed E-state index contributed by atoms with van der Waals surface area (Å²) < 4.78 is 6.65.